The van der Waals surface area contributed by atoms with E-state index in [1.807, 2.05) is 12.1 Å². The Labute approximate surface area is 104 Å². The summed E-state index contributed by atoms with van der Waals surface area (Å²) >= 11 is 5.30. The minimum Gasteiger partial charge on any atom is -0.376 e. The third-order valence-electron chi connectivity index (χ3n) is 2.80. The second-order valence-electron chi connectivity index (χ2n) is 3.89. The molecule has 0 aromatic carbocycles. The SMILES string of the molecule is S=c1nc(-c2ccncc2)[nH]c2c1COCC2. The monoisotopic (exact) mass is 245 g/mol. The van der Waals surface area contributed by atoms with Crippen LogP contribution in [0.1, 0.15) is 11.3 Å². The van der Waals surface area contributed by atoms with Gasteiger partial charge >= 0.3 is 0 Å². The average Bonchev–Trinajstić information content (AvgIpc) is 2.40. The molecule has 0 atom stereocenters. The summed E-state index contributed by atoms with van der Waals surface area (Å²) in [6, 6.07) is 3.83. The van der Waals surface area contributed by atoms with E-state index in [0.717, 1.165) is 35.7 Å². The number of aromatic amines is 1. The van der Waals surface area contributed by atoms with E-state index in [9.17, 15) is 0 Å². The third kappa shape index (κ3) is 1.99. The van der Waals surface area contributed by atoms with Crippen molar-refractivity contribution >= 4 is 12.2 Å². The van der Waals surface area contributed by atoms with Gasteiger partial charge in [-0.15, -0.1) is 0 Å². The Kier molecular flexibility index (Phi) is 2.70. The highest BCUT2D eigenvalue weighted by Crippen LogP contribution is 2.20. The molecule has 3 heterocycles. The lowest BCUT2D eigenvalue weighted by Gasteiger charge is -2.17. The van der Waals surface area contributed by atoms with Crippen LogP contribution < -0.4 is 0 Å². The van der Waals surface area contributed by atoms with Gasteiger partial charge < -0.3 is 9.72 Å². The molecule has 0 aliphatic carbocycles. The predicted octanol–water partition coefficient (Wildman–Crippen LogP) is 2.27. The number of fused-ring (bicyclic) bond motifs is 1. The molecule has 0 spiro atoms. The van der Waals surface area contributed by atoms with Crippen molar-refractivity contribution in [2.45, 2.75) is 13.0 Å². The first-order valence-electron chi connectivity index (χ1n) is 5.45. The van der Waals surface area contributed by atoms with Crippen LogP contribution in [0.25, 0.3) is 11.4 Å². The minimum absolute atomic E-state index is 0.564. The van der Waals surface area contributed by atoms with Gasteiger partial charge in [0.15, 0.2) is 0 Å². The van der Waals surface area contributed by atoms with E-state index in [4.69, 9.17) is 17.0 Å². The topological polar surface area (TPSA) is 50.8 Å². The number of rotatable bonds is 1. The van der Waals surface area contributed by atoms with Gasteiger partial charge in [0, 0.05) is 35.6 Å². The molecule has 2 aromatic heterocycles. The summed E-state index contributed by atoms with van der Waals surface area (Å²) in [5, 5.41) is 0. The molecule has 0 saturated carbocycles. The fourth-order valence-electron chi connectivity index (χ4n) is 1.90. The first kappa shape index (κ1) is 10.6. The van der Waals surface area contributed by atoms with E-state index >= 15 is 0 Å². The van der Waals surface area contributed by atoms with Crippen LogP contribution in [0.2, 0.25) is 0 Å². The maximum Gasteiger partial charge on any atom is 0.139 e. The van der Waals surface area contributed by atoms with Crippen LogP contribution in [0.4, 0.5) is 0 Å². The highest BCUT2D eigenvalue weighted by atomic mass is 32.1. The molecule has 4 nitrogen and oxygen atoms in total. The third-order valence-corrected chi connectivity index (χ3v) is 3.14. The number of hydrogen-bond acceptors (Lipinski definition) is 4. The molecule has 2 aromatic rings. The van der Waals surface area contributed by atoms with Gasteiger partial charge in [-0.05, 0) is 12.1 Å². The maximum absolute atomic E-state index is 5.39. The minimum atomic E-state index is 0.564. The Morgan fingerprint density at radius 1 is 1.29 bits per heavy atom. The van der Waals surface area contributed by atoms with Gasteiger partial charge in [-0.3, -0.25) is 4.98 Å². The number of pyridine rings is 1. The van der Waals surface area contributed by atoms with Crippen LogP contribution in [0.3, 0.4) is 0 Å². The second kappa shape index (κ2) is 4.35. The molecule has 0 bridgehead atoms. The van der Waals surface area contributed by atoms with Crippen molar-refractivity contribution in [1.82, 2.24) is 15.0 Å². The van der Waals surface area contributed by atoms with E-state index in [0.29, 0.717) is 11.2 Å². The van der Waals surface area contributed by atoms with Crippen LogP contribution in [-0.4, -0.2) is 21.6 Å². The van der Waals surface area contributed by atoms with Crippen LogP contribution in [0.15, 0.2) is 24.5 Å². The molecular weight excluding hydrogens is 234 g/mol. The Hall–Kier alpha value is -1.59. The van der Waals surface area contributed by atoms with Gasteiger partial charge in [-0.25, -0.2) is 4.98 Å². The molecule has 17 heavy (non-hydrogen) atoms. The smallest absolute Gasteiger partial charge is 0.139 e. The zero-order chi connectivity index (χ0) is 11.7. The molecule has 3 rings (SSSR count). The van der Waals surface area contributed by atoms with Gasteiger partial charge in [0.25, 0.3) is 0 Å². The van der Waals surface area contributed by atoms with Gasteiger partial charge in [-0.2, -0.15) is 0 Å². The number of nitrogens with one attached hydrogen (secondary N) is 1. The average molecular weight is 245 g/mol. The Morgan fingerprint density at radius 2 is 2.12 bits per heavy atom. The molecule has 0 fully saturated rings. The molecular formula is C12H11N3OS. The lowest BCUT2D eigenvalue weighted by molar-refractivity contribution is 0.108. The number of nitrogens with zero attached hydrogens (tertiary/aromatic N) is 2. The summed E-state index contributed by atoms with van der Waals surface area (Å²) in [4.78, 5) is 11.7. The summed E-state index contributed by atoms with van der Waals surface area (Å²) in [6.45, 7) is 1.30. The van der Waals surface area contributed by atoms with Gasteiger partial charge in [0.1, 0.15) is 10.5 Å². The molecule has 5 heteroatoms. The number of aromatic nitrogens is 3. The predicted molar refractivity (Wildman–Crippen MR) is 66.0 cm³/mol. The van der Waals surface area contributed by atoms with Crippen molar-refractivity contribution in [2.24, 2.45) is 0 Å². The van der Waals surface area contributed by atoms with Crippen molar-refractivity contribution in [3.05, 3.63) is 40.4 Å². The van der Waals surface area contributed by atoms with E-state index < -0.39 is 0 Å². The zero-order valence-corrected chi connectivity index (χ0v) is 9.96. The standard InChI is InChI=1S/C12H11N3OS/c17-12-9-7-16-6-3-10(9)14-11(15-12)8-1-4-13-5-2-8/h1-2,4-5H,3,6-7H2,(H,14,15,17). The van der Waals surface area contributed by atoms with Crippen LogP contribution in [-0.2, 0) is 17.8 Å². The fraction of sp³-hybridized carbons (Fsp3) is 0.250. The normalized spacial score (nSPS) is 14.4. The fourth-order valence-corrected chi connectivity index (χ4v) is 2.18. The van der Waals surface area contributed by atoms with Crippen molar-refractivity contribution in [3.8, 4) is 11.4 Å². The lowest BCUT2D eigenvalue weighted by atomic mass is 10.1. The van der Waals surface area contributed by atoms with Crippen molar-refractivity contribution < 1.29 is 4.74 Å². The quantitative estimate of drug-likeness (QED) is 0.783. The Morgan fingerprint density at radius 3 is 2.94 bits per heavy atom. The Balaban J connectivity index is 2.14. The molecule has 0 unspecified atom stereocenters. The highest BCUT2D eigenvalue weighted by molar-refractivity contribution is 7.71. The molecule has 86 valence electrons. The van der Waals surface area contributed by atoms with Gasteiger partial charge in [-0.1, -0.05) is 12.2 Å². The lowest BCUT2D eigenvalue weighted by Crippen LogP contribution is -2.14. The van der Waals surface area contributed by atoms with E-state index in [2.05, 4.69) is 15.0 Å². The second-order valence-corrected chi connectivity index (χ2v) is 4.27. The van der Waals surface area contributed by atoms with E-state index in [-0.39, 0.29) is 0 Å². The van der Waals surface area contributed by atoms with E-state index in [1.54, 1.807) is 12.4 Å². The van der Waals surface area contributed by atoms with Crippen molar-refractivity contribution in [1.29, 1.82) is 0 Å². The zero-order valence-electron chi connectivity index (χ0n) is 9.14. The summed E-state index contributed by atoms with van der Waals surface area (Å²) < 4.78 is 6.02. The number of ether oxygens (including phenoxy) is 1. The molecule has 1 aliphatic heterocycles. The summed E-state index contributed by atoms with van der Waals surface area (Å²) in [5.74, 6) is 0.804. The summed E-state index contributed by atoms with van der Waals surface area (Å²) in [6.07, 6.45) is 4.35. The Bertz CT molecular complexity index is 594. The number of H-pyrrole nitrogens is 1. The number of hydrogen-bond donors (Lipinski definition) is 1. The van der Waals surface area contributed by atoms with Gasteiger partial charge in [0.05, 0.1) is 13.2 Å². The largest absolute Gasteiger partial charge is 0.376 e. The maximum atomic E-state index is 5.39. The van der Waals surface area contributed by atoms with Crippen LogP contribution in [0.5, 0.6) is 0 Å². The van der Waals surface area contributed by atoms with Crippen LogP contribution in [0, 0.1) is 4.64 Å². The van der Waals surface area contributed by atoms with Crippen molar-refractivity contribution in [2.75, 3.05) is 6.61 Å². The summed E-state index contributed by atoms with van der Waals surface area (Å²) in [7, 11) is 0. The van der Waals surface area contributed by atoms with Gasteiger partial charge in [0.2, 0.25) is 0 Å². The molecule has 1 N–H and O–H groups in total. The first-order valence-corrected chi connectivity index (χ1v) is 5.85. The summed E-state index contributed by atoms with van der Waals surface area (Å²) in [5.41, 5.74) is 3.16. The first-order chi connectivity index (χ1) is 8.34. The van der Waals surface area contributed by atoms with Crippen molar-refractivity contribution in [3.63, 3.8) is 0 Å². The molecule has 1 aliphatic rings. The van der Waals surface area contributed by atoms with Crippen LogP contribution >= 0.6 is 12.2 Å². The highest BCUT2D eigenvalue weighted by Gasteiger charge is 2.14. The van der Waals surface area contributed by atoms with E-state index in [1.165, 1.54) is 0 Å². The molecule has 0 radical (unpaired) electrons. The molecule has 0 amide bonds. The molecule has 0 saturated heterocycles.